The Morgan fingerprint density at radius 1 is 1.00 bits per heavy atom. The Kier molecular flexibility index (Phi) is 4.46. The molecule has 4 aliphatic rings. The Bertz CT molecular complexity index is 817. The molecule has 4 bridgehead atoms. The van der Waals surface area contributed by atoms with Gasteiger partial charge in [0.2, 0.25) is 0 Å². The van der Waals surface area contributed by atoms with Gasteiger partial charge >= 0.3 is 6.03 Å². The van der Waals surface area contributed by atoms with Crippen LogP contribution >= 0.6 is 0 Å². The molecule has 5 heteroatoms. The third kappa shape index (κ3) is 3.58. The number of benzene rings is 1. The fourth-order valence-corrected chi connectivity index (χ4v) is 5.98. The van der Waals surface area contributed by atoms with Crippen molar-refractivity contribution in [1.29, 1.82) is 0 Å². The highest BCUT2D eigenvalue weighted by Gasteiger charge is 2.51. The molecule has 2 N–H and O–H groups in total. The van der Waals surface area contributed by atoms with Crippen LogP contribution in [-0.4, -0.2) is 16.6 Å². The lowest BCUT2D eigenvalue weighted by molar-refractivity contribution is -0.0127. The zero-order chi connectivity index (χ0) is 19.0. The Labute approximate surface area is 165 Å². The Balaban J connectivity index is 1.24. The van der Waals surface area contributed by atoms with Gasteiger partial charge in [-0.15, -0.1) is 0 Å². The van der Waals surface area contributed by atoms with Crippen LogP contribution in [0.25, 0.3) is 0 Å². The summed E-state index contributed by atoms with van der Waals surface area (Å²) in [7, 11) is 0. The second kappa shape index (κ2) is 7.12. The Hall–Kier alpha value is -2.56. The van der Waals surface area contributed by atoms with Crippen LogP contribution in [0.2, 0.25) is 0 Å². The number of nitrogens with zero attached hydrogens (tertiary/aromatic N) is 1. The third-order valence-corrected chi connectivity index (χ3v) is 6.66. The van der Waals surface area contributed by atoms with Gasteiger partial charge in [0.15, 0.2) is 11.6 Å². The standard InChI is InChI=1S/C23H27N3O2/c27-22(26-23-12-17-9-18(13-23)11-19(10-17)14-23)25-21-20(7-4-8-24-21)28-15-16-5-2-1-3-6-16/h1-8,17-19H,9-15H2,(H2,24,25,26,27). The molecule has 2 amide bonds. The first kappa shape index (κ1) is 17.5. The highest BCUT2D eigenvalue weighted by molar-refractivity contribution is 5.90. The smallest absolute Gasteiger partial charge is 0.320 e. The minimum absolute atomic E-state index is 0.0152. The van der Waals surface area contributed by atoms with E-state index in [0.29, 0.717) is 18.2 Å². The van der Waals surface area contributed by atoms with Gasteiger partial charge in [-0.25, -0.2) is 9.78 Å². The molecule has 4 fully saturated rings. The molecule has 0 saturated heterocycles. The number of urea groups is 1. The Morgan fingerprint density at radius 3 is 2.36 bits per heavy atom. The number of hydrogen-bond acceptors (Lipinski definition) is 3. The highest BCUT2D eigenvalue weighted by atomic mass is 16.5. The first-order valence-electron chi connectivity index (χ1n) is 10.4. The molecule has 1 aromatic carbocycles. The van der Waals surface area contributed by atoms with Crippen molar-refractivity contribution in [3.05, 3.63) is 54.2 Å². The second-order valence-corrected chi connectivity index (χ2v) is 8.90. The molecule has 0 atom stereocenters. The summed E-state index contributed by atoms with van der Waals surface area (Å²) in [4.78, 5) is 17.1. The lowest BCUT2D eigenvalue weighted by Gasteiger charge is -2.56. The summed E-state index contributed by atoms with van der Waals surface area (Å²) in [6, 6.07) is 13.5. The molecule has 28 heavy (non-hydrogen) atoms. The molecule has 4 aliphatic carbocycles. The first-order valence-corrected chi connectivity index (χ1v) is 10.4. The summed E-state index contributed by atoms with van der Waals surface area (Å²) in [5.41, 5.74) is 1.06. The van der Waals surface area contributed by atoms with Crippen LogP contribution in [0.3, 0.4) is 0 Å². The van der Waals surface area contributed by atoms with Crippen molar-refractivity contribution >= 4 is 11.8 Å². The average Bonchev–Trinajstić information content (AvgIpc) is 2.66. The van der Waals surface area contributed by atoms with Crippen molar-refractivity contribution in [3.63, 3.8) is 0 Å². The van der Waals surface area contributed by atoms with E-state index in [1.165, 1.54) is 19.3 Å². The highest BCUT2D eigenvalue weighted by Crippen LogP contribution is 2.55. The zero-order valence-corrected chi connectivity index (χ0v) is 16.1. The Morgan fingerprint density at radius 2 is 1.68 bits per heavy atom. The van der Waals surface area contributed by atoms with Crippen LogP contribution in [0, 0.1) is 17.8 Å². The van der Waals surface area contributed by atoms with E-state index in [4.69, 9.17) is 4.74 Å². The van der Waals surface area contributed by atoms with E-state index in [1.807, 2.05) is 42.5 Å². The zero-order valence-electron chi connectivity index (χ0n) is 16.1. The van der Waals surface area contributed by atoms with E-state index in [0.717, 1.165) is 42.6 Å². The van der Waals surface area contributed by atoms with Crippen LogP contribution in [-0.2, 0) is 6.61 Å². The average molecular weight is 377 g/mol. The fourth-order valence-electron chi connectivity index (χ4n) is 5.98. The van der Waals surface area contributed by atoms with Crippen molar-refractivity contribution in [2.75, 3.05) is 5.32 Å². The van der Waals surface area contributed by atoms with Crippen molar-refractivity contribution in [2.24, 2.45) is 17.8 Å². The molecule has 5 nitrogen and oxygen atoms in total. The molecule has 1 heterocycles. The summed E-state index contributed by atoms with van der Waals surface area (Å²) in [6.07, 6.45) is 9.15. The number of carbonyl (C=O) groups excluding carboxylic acids is 1. The van der Waals surface area contributed by atoms with E-state index in [-0.39, 0.29) is 11.6 Å². The van der Waals surface area contributed by atoms with Gasteiger partial charge in [-0.2, -0.15) is 0 Å². The predicted octanol–water partition coefficient (Wildman–Crippen LogP) is 4.75. The van der Waals surface area contributed by atoms with Gasteiger partial charge in [0.05, 0.1) is 0 Å². The number of anilines is 1. The topological polar surface area (TPSA) is 63.2 Å². The van der Waals surface area contributed by atoms with Crippen LogP contribution in [0.15, 0.2) is 48.7 Å². The van der Waals surface area contributed by atoms with Crippen LogP contribution in [0.4, 0.5) is 10.6 Å². The maximum atomic E-state index is 12.8. The van der Waals surface area contributed by atoms with Crippen LogP contribution in [0.1, 0.15) is 44.1 Å². The molecule has 0 unspecified atom stereocenters. The molecule has 6 rings (SSSR count). The quantitative estimate of drug-likeness (QED) is 0.790. The minimum atomic E-state index is -0.162. The normalized spacial score (nSPS) is 30.1. The largest absolute Gasteiger partial charge is 0.485 e. The molecule has 1 aromatic heterocycles. The fraction of sp³-hybridized carbons (Fsp3) is 0.478. The molecular weight excluding hydrogens is 350 g/mol. The third-order valence-electron chi connectivity index (χ3n) is 6.66. The number of pyridine rings is 1. The van der Waals surface area contributed by atoms with Crippen LogP contribution in [0.5, 0.6) is 5.75 Å². The maximum absolute atomic E-state index is 12.8. The van der Waals surface area contributed by atoms with Gasteiger partial charge in [0, 0.05) is 11.7 Å². The number of aromatic nitrogens is 1. The van der Waals surface area contributed by atoms with E-state index in [2.05, 4.69) is 15.6 Å². The van der Waals surface area contributed by atoms with Gasteiger partial charge in [0.1, 0.15) is 6.61 Å². The number of rotatable bonds is 5. The number of hydrogen-bond donors (Lipinski definition) is 2. The second-order valence-electron chi connectivity index (χ2n) is 8.90. The lowest BCUT2D eigenvalue weighted by Crippen LogP contribution is -2.60. The SMILES string of the molecule is O=C(Nc1ncccc1OCc1ccccc1)NC12CC3CC(CC(C3)C1)C2. The van der Waals surface area contributed by atoms with E-state index in [1.54, 1.807) is 6.20 Å². The lowest BCUT2D eigenvalue weighted by atomic mass is 9.53. The van der Waals surface area contributed by atoms with E-state index in [9.17, 15) is 4.79 Å². The van der Waals surface area contributed by atoms with Gasteiger partial charge in [-0.05, 0) is 74.0 Å². The summed E-state index contributed by atoms with van der Waals surface area (Å²) >= 11 is 0. The minimum Gasteiger partial charge on any atom is -0.485 e. The summed E-state index contributed by atoms with van der Waals surface area (Å²) in [5.74, 6) is 3.45. The molecular formula is C23H27N3O2. The van der Waals surface area contributed by atoms with Crippen molar-refractivity contribution < 1.29 is 9.53 Å². The summed E-state index contributed by atoms with van der Waals surface area (Å²) < 4.78 is 5.91. The van der Waals surface area contributed by atoms with Gasteiger partial charge in [-0.3, -0.25) is 5.32 Å². The number of ether oxygens (including phenoxy) is 1. The molecule has 146 valence electrons. The number of nitrogens with one attached hydrogen (secondary N) is 2. The number of amides is 2. The van der Waals surface area contributed by atoms with Gasteiger partial charge in [-0.1, -0.05) is 30.3 Å². The molecule has 0 aliphatic heterocycles. The first-order chi connectivity index (χ1) is 13.7. The maximum Gasteiger partial charge on any atom is 0.320 e. The van der Waals surface area contributed by atoms with Crippen molar-refractivity contribution in [3.8, 4) is 5.75 Å². The monoisotopic (exact) mass is 377 g/mol. The predicted molar refractivity (Wildman–Crippen MR) is 108 cm³/mol. The van der Waals surface area contributed by atoms with Gasteiger partial charge < -0.3 is 10.1 Å². The van der Waals surface area contributed by atoms with Crippen molar-refractivity contribution in [2.45, 2.75) is 50.7 Å². The number of carbonyl (C=O) groups is 1. The summed E-state index contributed by atoms with van der Waals surface area (Å²) in [5, 5.41) is 6.26. The molecule has 2 aromatic rings. The molecule has 4 saturated carbocycles. The van der Waals surface area contributed by atoms with Crippen molar-refractivity contribution in [1.82, 2.24) is 10.3 Å². The molecule has 0 spiro atoms. The molecule has 0 radical (unpaired) electrons. The summed E-state index contributed by atoms with van der Waals surface area (Å²) in [6.45, 7) is 0.442. The van der Waals surface area contributed by atoms with Crippen LogP contribution < -0.4 is 15.4 Å². The van der Waals surface area contributed by atoms with Gasteiger partial charge in [0.25, 0.3) is 0 Å². The van der Waals surface area contributed by atoms with E-state index >= 15 is 0 Å². The van der Waals surface area contributed by atoms with E-state index < -0.39 is 0 Å².